The van der Waals surface area contributed by atoms with Crippen LogP contribution >= 0.6 is 0 Å². The Morgan fingerprint density at radius 2 is 2.04 bits per heavy atom. The van der Waals surface area contributed by atoms with Crippen LogP contribution in [0.15, 0.2) is 12.1 Å². The van der Waals surface area contributed by atoms with Crippen LogP contribution in [0.3, 0.4) is 0 Å². The lowest BCUT2D eigenvalue weighted by Crippen LogP contribution is -2.29. The van der Waals surface area contributed by atoms with Crippen molar-refractivity contribution in [2.75, 3.05) is 12.4 Å². The van der Waals surface area contributed by atoms with Gasteiger partial charge in [-0.3, -0.25) is 14.7 Å². The van der Waals surface area contributed by atoms with Crippen molar-refractivity contribution in [3.8, 4) is 0 Å². The topological polar surface area (TPSA) is 78.1 Å². The monoisotopic (exact) mass is 352 g/mol. The van der Waals surface area contributed by atoms with Gasteiger partial charge in [0.2, 0.25) is 11.8 Å². The predicted molar refractivity (Wildman–Crippen MR) is 99.0 cm³/mol. The third kappa shape index (κ3) is 2.69. The number of rotatable bonds is 4. The number of carbonyl (C=O) groups excluding carboxylic acids is 2. The van der Waals surface area contributed by atoms with E-state index in [0.29, 0.717) is 6.54 Å². The number of aryl methyl sites for hydroxylation is 3. The van der Waals surface area contributed by atoms with E-state index in [0.717, 1.165) is 47.3 Å². The number of hydrogen-bond acceptors (Lipinski definition) is 3. The Labute approximate surface area is 153 Å². The fourth-order valence-electron chi connectivity index (χ4n) is 4.15. The molecule has 4 rings (SSSR count). The Morgan fingerprint density at radius 3 is 2.85 bits per heavy atom. The van der Waals surface area contributed by atoms with Crippen molar-refractivity contribution in [3.63, 3.8) is 0 Å². The van der Waals surface area contributed by atoms with Gasteiger partial charge in [0.25, 0.3) is 0 Å². The second kappa shape index (κ2) is 6.27. The van der Waals surface area contributed by atoms with E-state index in [2.05, 4.69) is 15.5 Å². The molecule has 2 N–H and O–H groups in total. The molecule has 1 aromatic heterocycles. The summed E-state index contributed by atoms with van der Waals surface area (Å²) >= 11 is 0. The van der Waals surface area contributed by atoms with E-state index in [1.54, 1.807) is 11.9 Å². The molecule has 0 unspecified atom stereocenters. The number of hydrogen-bond donors (Lipinski definition) is 2. The molecule has 2 aliphatic rings. The third-order valence-electron chi connectivity index (χ3n) is 5.67. The van der Waals surface area contributed by atoms with E-state index in [-0.39, 0.29) is 18.2 Å². The predicted octanol–water partition coefficient (Wildman–Crippen LogP) is 2.60. The number of nitrogens with one attached hydrogen (secondary N) is 2. The van der Waals surface area contributed by atoms with Gasteiger partial charge in [0.05, 0.1) is 18.2 Å². The molecule has 0 radical (unpaired) electrons. The molecule has 2 aromatic rings. The average molecular weight is 352 g/mol. The van der Waals surface area contributed by atoms with Gasteiger partial charge in [-0.15, -0.1) is 0 Å². The van der Waals surface area contributed by atoms with Crippen LogP contribution in [0.4, 0.5) is 5.69 Å². The number of amides is 2. The molecule has 6 nitrogen and oxygen atoms in total. The average Bonchev–Trinajstić information content (AvgIpc) is 3.29. The molecule has 0 saturated heterocycles. The SMILES string of the molecule is Cc1ccc(C)c2c1NC(=O)[C@@H]2CC(=O)N(C)Cc1n[nH]c2c1CCC2. The maximum absolute atomic E-state index is 12.8. The van der Waals surface area contributed by atoms with Gasteiger partial charge in [-0.1, -0.05) is 12.1 Å². The first-order chi connectivity index (χ1) is 12.5. The first kappa shape index (κ1) is 16.8. The molecule has 136 valence electrons. The van der Waals surface area contributed by atoms with Crippen molar-refractivity contribution in [2.24, 2.45) is 0 Å². The number of anilines is 1. The zero-order chi connectivity index (χ0) is 18.4. The summed E-state index contributed by atoms with van der Waals surface area (Å²) in [6.45, 7) is 4.46. The molecule has 1 aromatic carbocycles. The van der Waals surface area contributed by atoms with Crippen LogP contribution in [0.25, 0.3) is 0 Å². The van der Waals surface area contributed by atoms with Gasteiger partial charge in [0.1, 0.15) is 0 Å². The highest BCUT2D eigenvalue weighted by Gasteiger charge is 2.35. The summed E-state index contributed by atoms with van der Waals surface area (Å²) in [6, 6.07) is 4.02. The number of H-pyrrole nitrogens is 1. The standard InChI is InChI=1S/C20H24N4O2/c1-11-7-8-12(2)19-18(11)14(20(26)21-19)9-17(25)24(3)10-16-13-5-4-6-15(13)22-23-16/h7-8,14H,4-6,9-10H2,1-3H3,(H,21,26)(H,22,23)/t14-/m1/s1. The van der Waals surface area contributed by atoms with Crippen LogP contribution in [0.2, 0.25) is 0 Å². The Balaban J connectivity index is 1.50. The zero-order valence-electron chi connectivity index (χ0n) is 15.5. The summed E-state index contributed by atoms with van der Waals surface area (Å²) in [6.07, 6.45) is 3.40. The van der Waals surface area contributed by atoms with Crippen molar-refractivity contribution in [3.05, 3.63) is 45.8 Å². The molecule has 6 heteroatoms. The minimum atomic E-state index is -0.412. The second-order valence-corrected chi connectivity index (χ2v) is 7.46. The molecule has 0 saturated carbocycles. The number of nitrogens with zero attached hydrogens (tertiary/aromatic N) is 2. The number of benzene rings is 1. The number of fused-ring (bicyclic) bond motifs is 2. The van der Waals surface area contributed by atoms with Crippen molar-refractivity contribution >= 4 is 17.5 Å². The summed E-state index contributed by atoms with van der Waals surface area (Å²) in [5, 5.41) is 10.4. The van der Waals surface area contributed by atoms with Crippen molar-refractivity contribution in [2.45, 2.75) is 52.0 Å². The van der Waals surface area contributed by atoms with Gasteiger partial charge in [0, 0.05) is 24.8 Å². The number of carbonyl (C=O) groups is 2. The van der Waals surface area contributed by atoms with Gasteiger partial charge in [0.15, 0.2) is 0 Å². The molecule has 26 heavy (non-hydrogen) atoms. The molecular formula is C20H24N4O2. The highest BCUT2D eigenvalue weighted by atomic mass is 16.2. The van der Waals surface area contributed by atoms with Crippen molar-refractivity contribution in [1.82, 2.24) is 15.1 Å². The molecule has 1 aliphatic carbocycles. The first-order valence-electron chi connectivity index (χ1n) is 9.15. The van der Waals surface area contributed by atoms with Crippen LogP contribution in [0.1, 0.15) is 52.4 Å². The fraction of sp³-hybridized carbons (Fsp3) is 0.450. The fourth-order valence-corrected chi connectivity index (χ4v) is 4.15. The van der Waals surface area contributed by atoms with E-state index in [1.807, 2.05) is 26.0 Å². The largest absolute Gasteiger partial charge is 0.340 e. The Morgan fingerprint density at radius 1 is 1.27 bits per heavy atom. The van der Waals surface area contributed by atoms with Gasteiger partial charge in [-0.25, -0.2) is 0 Å². The zero-order valence-corrected chi connectivity index (χ0v) is 15.5. The lowest BCUT2D eigenvalue weighted by molar-refractivity contribution is -0.132. The lowest BCUT2D eigenvalue weighted by Gasteiger charge is -2.19. The summed E-state index contributed by atoms with van der Waals surface area (Å²) in [4.78, 5) is 26.9. The van der Waals surface area contributed by atoms with E-state index in [1.165, 1.54) is 11.3 Å². The third-order valence-corrected chi connectivity index (χ3v) is 5.67. The molecule has 2 heterocycles. The maximum atomic E-state index is 12.8. The highest BCUT2D eigenvalue weighted by Crippen LogP contribution is 2.39. The van der Waals surface area contributed by atoms with Crippen molar-refractivity contribution < 1.29 is 9.59 Å². The van der Waals surface area contributed by atoms with Gasteiger partial charge in [-0.05, 0) is 55.4 Å². The Bertz CT molecular complexity index is 899. The summed E-state index contributed by atoms with van der Waals surface area (Å²) in [5.74, 6) is -0.529. The van der Waals surface area contributed by atoms with Crippen molar-refractivity contribution in [1.29, 1.82) is 0 Å². The normalized spacial score (nSPS) is 17.8. The van der Waals surface area contributed by atoms with E-state index in [9.17, 15) is 9.59 Å². The summed E-state index contributed by atoms with van der Waals surface area (Å²) in [5.41, 5.74) is 7.36. The molecule has 0 fully saturated rings. The van der Waals surface area contributed by atoms with Gasteiger partial charge in [-0.2, -0.15) is 5.10 Å². The summed E-state index contributed by atoms with van der Waals surface area (Å²) < 4.78 is 0. The quantitative estimate of drug-likeness (QED) is 0.888. The lowest BCUT2D eigenvalue weighted by atomic mass is 9.91. The molecule has 0 bridgehead atoms. The minimum absolute atomic E-state index is 0.0337. The molecule has 2 amide bonds. The highest BCUT2D eigenvalue weighted by molar-refractivity contribution is 6.06. The van der Waals surface area contributed by atoms with Crippen LogP contribution in [0, 0.1) is 13.8 Å². The maximum Gasteiger partial charge on any atom is 0.232 e. The minimum Gasteiger partial charge on any atom is -0.340 e. The van der Waals surface area contributed by atoms with Crippen LogP contribution < -0.4 is 5.32 Å². The first-order valence-corrected chi connectivity index (χ1v) is 9.15. The molecule has 1 atom stereocenters. The van der Waals surface area contributed by atoms with Crippen LogP contribution in [-0.2, 0) is 29.0 Å². The van der Waals surface area contributed by atoms with E-state index >= 15 is 0 Å². The second-order valence-electron chi connectivity index (χ2n) is 7.46. The van der Waals surface area contributed by atoms with Crippen LogP contribution in [-0.4, -0.2) is 34.0 Å². The molecule has 0 spiro atoms. The Kier molecular flexibility index (Phi) is 4.05. The number of aromatic amines is 1. The summed E-state index contributed by atoms with van der Waals surface area (Å²) in [7, 11) is 1.79. The van der Waals surface area contributed by atoms with E-state index in [4.69, 9.17) is 0 Å². The van der Waals surface area contributed by atoms with Gasteiger partial charge < -0.3 is 10.2 Å². The number of aromatic nitrogens is 2. The van der Waals surface area contributed by atoms with E-state index < -0.39 is 5.92 Å². The Hall–Kier alpha value is -2.63. The van der Waals surface area contributed by atoms with Crippen LogP contribution in [0.5, 0.6) is 0 Å². The molecule has 1 aliphatic heterocycles. The smallest absolute Gasteiger partial charge is 0.232 e. The molecular weight excluding hydrogens is 328 g/mol. The van der Waals surface area contributed by atoms with Gasteiger partial charge >= 0.3 is 0 Å².